The number of rotatable bonds is 3. The zero-order chi connectivity index (χ0) is 24.4. The fraction of sp³-hybridized carbons (Fsp3) is 0.517. The second kappa shape index (κ2) is 10.4. The van der Waals surface area contributed by atoms with Crippen LogP contribution in [0.25, 0.3) is 0 Å². The molecule has 0 spiro atoms. The minimum absolute atomic E-state index is 0.128. The number of aromatic amines is 1. The number of aromatic nitrogens is 1. The van der Waals surface area contributed by atoms with Crippen molar-refractivity contribution in [2.45, 2.75) is 58.4 Å². The van der Waals surface area contributed by atoms with Crippen LogP contribution in [0.1, 0.15) is 71.3 Å². The molecule has 2 fully saturated rings. The summed E-state index contributed by atoms with van der Waals surface area (Å²) in [5.41, 5.74) is 4.10. The van der Waals surface area contributed by atoms with Gasteiger partial charge in [0.05, 0.1) is 12.1 Å². The first-order valence-corrected chi connectivity index (χ1v) is 13.0. The Kier molecular flexibility index (Phi) is 7.09. The minimum atomic E-state index is -0.227. The molecular weight excluding hydrogens is 440 g/mol. The Morgan fingerprint density at radius 2 is 1.91 bits per heavy atom. The van der Waals surface area contributed by atoms with Gasteiger partial charge in [-0.1, -0.05) is 37.6 Å². The number of pyridine rings is 1. The Labute approximate surface area is 207 Å². The van der Waals surface area contributed by atoms with E-state index in [0.29, 0.717) is 53.6 Å². The zero-order valence-electron chi connectivity index (χ0n) is 20.8. The van der Waals surface area contributed by atoms with Crippen LogP contribution in [0.3, 0.4) is 0 Å². The molecule has 3 heterocycles. The number of amides is 1. The van der Waals surface area contributed by atoms with E-state index in [4.69, 9.17) is 9.47 Å². The van der Waals surface area contributed by atoms with Gasteiger partial charge in [-0.25, -0.2) is 0 Å². The fourth-order valence-corrected chi connectivity index (χ4v) is 6.34. The number of fused-ring (bicyclic) bond motifs is 2. The quantitative estimate of drug-likeness (QED) is 0.632. The third-order valence-corrected chi connectivity index (χ3v) is 8.24. The highest BCUT2D eigenvalue weighted by Crippen LogP contribution is 2.55. The lowest BCUT2D eigenvalue weighted by atomic mass is 9.55. The van der Waals surface area contributed by atoms with E-state index in [0.717, 1.165) is 43.7 Å². The number of carbonyl (C=O) groups excluding carboxylic acids is 1. The molecule has 1 aromatic heterocycles. The Morgan fingerprint density at radius 1 is 1.09 bits per heavy atom. The Balaban J connectivity index is 1.49. The molecule has 1 aliphatic carbocycles. The normalized spacial score (nSPS) is 25.2. The van der Waals surface area contributed by atoms with Crippen LogP contribution < -0.4 is 15.6 Å². The van der Waals surface area contributed by atoms with Crippen molar-refractivity contribution in [3.63, 3.8) is 0 Å². The summed E-state index contributed by atoms with van der Waals surface area (Å²) in [6, 6.07) is 8.01. The van der Waals surface area contributed by atoms with Crippen LogP contribution in [0.2, 0.25) is 0 Å². The number of hydrogen-bond donors (Lipinski definition) is 2. The number of hydrogen-bond acceptors (Lipinski definition) is 4. The molecule has 0 radical (unpaired) electrons. The lowest BCUT2D eigenvalue weighted by molar-refractivity contribution is -0.00377. The van der Waals surface area contributed by atoms with Crippen molar-refractivity contribution in [2.75, 3.05) is 19.8 Å². The van der Waals surface area contributed by atoms with Gasteiger partial charge in [0.2, 0.25) is 0 Å². The topological polar surface area (TPSA) is 80.4 Å². The molecule has 35 heavy (non-hydrogen) atoms. The highest BCUT2D eigenvalue weighted by molar-refractivity contribution is 5.96. The molecule has 5 rings (SSSR count). The number of benzene rings is 1. The van der Waals surface area contributed by atoms with E-state index in [1.165, 1.54) is 12.0 Å². The van der Waals surface area contributed by atoms with Crippen LogP contribution in [-0.4, -0.2) is 30.7 Å². The van der Waals surface area contributed by atoms with Gasteiger partial charge in [0.25, 0.3) is 11.5 Å². The lowest BCUT2D eigenvalue weighted by Gasteiger charge is -2.50. The van der Waals surface area contributed by atoms with Gasteiger partial charge in [0, 0.05) is 24.5 Å². The molecule has 1 amide bonds. The molecule has 2 aromatic rings. The van der Waals surface area contributed by atoms with Crippen molar-refractivity contribution in [3.05, 3.63) is 74.7 Å². The van der Waals surface area contributed by atoms with E-state index in [-0.39, 0.29) is 18.0 Å². The first-order valence-electron chi connectivity index (χ1n) is 13.0. The maximum Gasteiger partial charge on any atom is 0.256 e. The second-order valence-electron chi connectivity index (χ2n) is 10.2. The third-order valence-electron chi connectivity index (χ3n) is 8.24. The van der Waals surface area contributed by atoms with Crippen LogP contribution in [0.5, 0.6) is 5.75 Å². The van der Waals surface area contributed by atoms with Crippen molar-refractivity contribution < 1.29 is 14.3 Å². The monoisotopic (exact) mass is 476 g/mol. The first-order chi connectivity index (χ1) is 17.1. The average molecular weight is 477 g/mol. The lowest BCUT2D eigenvalue weighted by Crippen LogP contribution is -2.41. The molecule has 2 aliphatic heterocycles. The largest absolute Gasteiger partial charge is 0.489 e. The van der Waals surface area contributed by atoms with E-state index in [1.807, 2.05) is 31.2 Å². The standard InChI is InChI=1S/C29H36N2O4/c1-3-19-16-24(20-10-13-34-14-11-20)27(19)22-8-6-9-23-21(22)7-4-5-12-35-26-15-18(2)31-29(33)25(26)17-30-28(23)32/h4-6,8-9,15,19-20,24,27H,3,7,10-14,16-17H2,1-2H3,(H,30,32)(H,31,33). The highest BCUT2D eigenvalue weighted by Gasteiger charge is 2.45. The van der Waals surface area contributed by atoms with Gasteiger partial charge in [0.15, 0.2) is 0 Å². The predicted octanol–water partition coefficient (Wildman–Crippen LogP) is 4.66. The van der Waals surface area contributed by atoms with Gasteiger partial charge >= 0.3 is 0 Å². The molecule has 3 aliphatic rings. The maximum absolute atomic E-state index is 13.4. The summed E-state index contributed by atoms with van der Waals surface area (Å²) < 4.78 is 11.6. The van der Waals surface area contributed by atoms with Crippen molar-refractivity contribution in [3.8, 4) is 5.75 Å². The average Bonchev–Trinajstić information content (AvgIpc) is 2.83. The molecule has 2 N–H and O–H groups in total. The number of carbonyl (C=O) groups is 1. The number of ether oxygens (including phenoxy) is 2. The summed E-state index contributed by atoms with van der Waals surface area (Å²) in [5, 5.41) is 3.00. The van der Waals surface area contributed by atoms with Crippen molar-refractivity contribution >= 4 is 5.91 Å². The highest BCUT2D eigenvalue weighted by atomic mass is 16.5. The van der Waals surface area contributed by atoms with Crippen LogP contribution in [-0.2, 0) is 17.7 Å². The van der Waals surface area contributed by atoms with Gasteiger partial charge in [-0.3, -0.25) is 9.59 Å². The molecule has 1 saturated heterocycles. The van der Waals surface area contributed by atoms with E-state index in [1.54, 1.807) is 0 Å². The number of nitrogens with one attached hydrogen (secondary N) is 2. The molecular formula is C29H36N2O4. The smallest absolute Gasteiger partial charge is 0.256 e. The fourth-order valence-electron chi connectivity index (χ4n) is 6.34. The van der Waals surface area contributed by atoms with Gasteiger partial charge < -0.3 is 19.8 Å². The molecule has 3 atom stereocenters. The number of allylic oxidation sites excluding steroid dienone is 1. The second-order valence-corrected chi connectivity index (χ2v) is 10.2. The van der Waals surface area contributed by atoms with Gasteiger partial charge in [0.1, 0.15) is 12.4 Å². The Bertz CT molecular complexity index is 1160. The minimum Gasteiger partial charge on any atom is -0.489 e. The number of H-pyrrole nitrogens is 1. The van der Waals surface area contributed by atoms with Gasteiger partial charge in [-0.15, -0.1) is 0 Å². The summed E-state index contributed by atoms with van der Waals surface area (Å²) in [5.74, 6) is 2.86. The molecule has 1 aromatic carbocycles. The van der Waals surface area contributed by atoms with Crippen molar-refractivity contribution in [1.82, 2.24) is 10.3 Å². The van der Waals surface area contributed by atoms with Crippen LogP contribution >= 0.6 is 0 Å². The van der Waals surface area contributed by atoms with Crippen molar-refractivity contribution in [2.24, 2.45) is 17.8 Å². The summed E-state index contributed by atoms with van der Waals surface area (Å²) in [6.45, 7) is 6.35. The van der Waals surface area contributed by atoms with E-state index in [2.05, 4.69) is 29.4 Å². The van der Waals surface area contributed by atoms with Gasteiger partial charge in [-0.2, -0.15) is 0 Å². The molecule has 0 bridgehead atoms. The SMILES string of the molecule is CCC1CC(C2CCOCC2)C1c1cccc2c1CC=CCOc1cc(C)[nH]c(=O)c1CNC2=O. The van der Waals surface area contributed by atoms with E-state index < -0.39 is 0 Å². The first kappa shape index (κ1) is 23.9. The zero-order valence-corrected chi connectivity index (χ0v) is 20.8. The summed E-state index contributed by atoms with van der Waals surface area (Å²) in [7, 11) is 0. The molecule has 6 nitrogen and oxygen atoms in total. The van der Waals surface area contributed by atoms with Crippen LogP contribution in [0.4, 0.5) is 0 Å². The summed E-state index contributed by atoms with van der Waals surface area (Å²) >= 11 is 0. The third kappa shape index (κ3) is 4.81. The maximum atomic E-state index is 13.4. The van der Waals surface area contributed by atoms with Crippen molar-refractivity contribution in [1.29, 1.82) is 0 Å². The molecule has 1 saturated carbocycles. The Morgan fingerprint density at radius 3 is 2.71 bits per heavy atom. The van der Waals surface area contributed by atoms with Crippen LogP contribution in [0.15, 0.2) is 41.2 Å². The molecule has 3 unspecified atom stereocenters. The van der Waals surface area contributed by atoms with Gasteiger partial charge in [-0.05, 0) is 79.5 Å². The van der Waals surface area contributed by atoms with Crippen LogP contribution in [0, 0.1) is 24.7 Å². The van der Waals surface area contributed by atoms with E-state index >= 15 is 0 Å². The van der Waals surface area contributed by atoms with E-state index in [9.17, 15) is 9.59 Å². The Hall–Kier alpha value is -2.86. The summed E-state index contributed by atoms with van der Waals surface area (Å²) in [4.78, 5) is 28.8. The number of aryl methyl sites for hydroxylation is 1. The molecule has 6 heteroatoms. The summed E-state index contributed by atoms with van der Waals surface area (Å²) in [6.07, 6.45) is 9.48. The molecule has 186 valence electrons. The predicted molar refractivity (Wildman–Crippen MR) is 136 cm³/mol.